The monoisotopic (exact) mass is 432 g/mol. The number of aromatic amines is 1. The Bertz CT molecular complexity index is 1620. The highest BCUT2D eigenvalue weighted by Gasteiger charge is 2.16. The lowest BCUT2D eigenvalue weighted by molar-refractivity contribution is 0.0474. The van der Waals surface area contributed by atoms with Gasteiger partial charge in [0.05, 0.1) is 22.2 Å². The molecule has 0 saturated heterocycles. The van der Waals surface area contributed by atoms with Crippen molar-refractivity contribution in [3.63, 3.8) is 0 Å². The van der Waals surface area contributed by atoms with Crippen LogP contribution in [0.25, 0.3) is 27.6 Å². The van der Waals surface area contributed by atoms with Crippen molar-refractivity contribution < 1.29 is 18.6 Å². The van der Waals surface area contributed by atoms with Gasteiger partial charge in [0.25, 0.3) is 5.56 Å². The van der Waals surface area contributed by atoms with E-state index in [4.69, 9.17) is 4.74 Å². The lowest BCUT2D eigenvalue weighted by Crippen LogP contribution is -2.34. The van der Waals surface area contributed by atoms with Gasteiger partial charge in [0.15, 0.2) is 0 Å². The van der Waals surface area contributed by atoms with Crippen LogP contribution in [0.5, 0.6) is 0 Å². The number of aromatic nitrogens is 4. The van der Waals surface area contributed by atoms with Crippen molar-refractivity contribution in [3.8, 4) is 5.69 Å². The molecule has 0 bridgehead atoms. The number of rotatable bonds is 4. The van der Waals surface area contributed by atoms with E-state index in [0.29, 0.717) is 21.2 Å². The summed E-state index contributed by atoms with van der Waals surface area (Å²) >= 11 is 0. The first-order valence-electron chi connectivity index (χ1n) is 9.44. The number of halogens is 1. The highest BCUT2D eigenvalue weighted by molar-refractivity contribution is 5.94. The number of fused-ring (bicyclic) bond motifs is 2. The fourth-order valence-corrected chi connectivity index (χ4v) is 3.40. The van der Waals surface area contributed by atoms with Gasteiger partial charge in [0, 0.05) is 5.56 Å². The van der Waals surface area contributed by atoms with Gasteiger partial charge in [-0.05, 0) is 46.7 Å². The summed E-state index contributed by atoms with van der Waals surface area (Å²) in [5, 5.41) is 7.64. The van der Waals surface area contributed by atoms with E-state index in [2.05, 4.69) is 19.9 Å². The molecule has 0 spiro atoms. The topological polar surface area (TPSA) is 120 Å². The molecule has 2 heterocycles. The molecule has 0 fully saturated rings. The van der Waals surface area contributed by atoms with Gasteiger partial charge >= 0.3 is 11.7 Å². The van der Waals surface area contributed by atoms with Gasteiger partial charge in [-0.15, -0.1) is 0 Å². The van der Waals surface area contributed by atoms with Crippen LogP contribution in [0.4, 0.5) is 4.39 Å². The molecule has 0 unspecified atom stereocenters. The molecule has 0 aliphatic carbocycles. The molecule has 0 aliphatic rings. The van der Waals surface area contributed by atoms with Crippen molar-refractivity contribution in [2.75, 3.05) is 0 Å². The van der Waals surface area contributed by atoms with Crippen LogP contribution < -0.4 is 11.2 Å². The van der Waals surface area contributed by atoms with Gasteiger partial charge in [0.1, 0.15) is 23.5 Å². The Hall–Kier alpha value is -4.60. The molecule has 5 aromatic rings. The van der Waals surface area contributed by atoms with E-state index in [0.717, 1.165) is 6.07 Å². The first-order valence-corrected chi connectivity index (χ1v) is 9.44. The number of nitrogens with one attached hydrogen (secondary N) is 1. The molecule has 158 valence electrons. The van der Waals surface area contributed by atoms with E-state index in [9.17, 15) is 18.8 Å². The van der Waals surface area contributed by atoms with Gasteiger partial charge in [0.2, 0.25) is 0 Å². The van der Waals surface area contributed by atoms with Crippen molar-refractivity contribution in [3.05, 3.63) is 98.4 Å². The fourth-order valence-electron chi connectivity index (χ4n) is 3.40. The normalized spacial score (nSPS) is 11.2. The summed E-state index contributed by atoms with van der Waals surface area (Å²) in [6.07, 6.45) is 0. The second-order valence-electron chi connectivity index (χ2n) is 6.91. The van der Waals surface area contributed by atoms with Crippen LogP contribution in [0.2, 0.25) is 0 Å². The Balaban J connectivity index is 1.47. The molecule has 0 radical (unpaired) electrons. The van der Waals surface area contributed by atoms with Crippen LogP contribution in [0.1, 0.15) is 15.9 Å². The largest absolute Gasteiger partial charge is 0.457 e. The third-order valence-electron chi connectivity index (χ3n) is 4.96. The van der Waals surface area contributed by atoms with Crippen molar-refractivity contribution in [1.82, 2.24) is 19.9 Å². The Morgan fingerprint density at radius 2 is 1.91 bits per heavy atom. The molecule has 9 nitrogen and oxygen atoms in total. The molecule has 3 aromatic carbocycles. The number of nitrogens with zero attached hydrogens (tertiary/aromatic N) is 3. The van der Waals surface area contributed by atoms with E-state index in [1.54, 1.807) is 18.2 Å². The first kappa shape index (κ1) is 19.4. The molecule has 0 atom stereocenters. The minimum Gasteiger partial charge on any atom is -0.457 e. The molecule has 0 aliphatic heterocycles. The summed E-state index contributed by atoms with van der Waals surface area (Å²) in [6.45, 7) is -0.0756. The second kappa shape index (κ2) is 7.58. The van der Waals surface area contributed by atoms with Crippen LogP contribution in [0, 0.1) is 5.82 Å². The highest BCUT2D eigenvalue weighted by atomic mass is 19.1. The number of hydrogen-bond donors (Lipinski definition) is 1. The molecular formula is C22H13FN4O5. The maximum absolute atomic E-state index is 14.1. The van der Waals surface area contributed by atoms with E-state index in [1.165, 1.54) is 36.4 Å². The average molecular weight is 432 g/mol. The number of para-hydroxylation sites is 1. The molecule has 2 aromatic heterocycles. The van der Waals surface area contributed by atoms with Gasteiger partial charge in [-0.25, -0.2) is 23.2 Å². The van der Waals surface area contributed by atoms with Gasteiger partial charge in [-0.2, -0.15) is 0 Å². The lowest BCUT2D eigenvalue weighted by atomic mass is 10.1. The number of H-pyrrole nitrogens is 1. The summed E-state index contributed by atoms with van der Waals surface area (Å²) in [4.78, 5) is 40.4. The Kier molecular flexibility index (Phi) is 4.59. The third kappa shape index (κ3) is 3.23. The van der Waals surface area contributed by atoms with E-state index in [1.807, 2.05) is 0 Å². The quantitative estimate of drug-likeness (QED) is 0.434. The number of hydrogen-bond acceptors (Lipinski definition) is 7. The molecular weight excluding hydrogens is 419 g/mol. The number of ether oxygens (including phenoxy) is 1. The average Bonchev–Trinajstić information content (AvgIpc) is 3.28. The van der Waals surface area contributed by atoms with Crippen LogP contribution in [0.15, 0.2) is 74.9 Å². The number of carbonyl (C=O) groups is 1. The Morgan fingerprint density at radius 1 is 1.06 bits per heavy atom. The predicted octanol–water partition coefficient (Wildman–Crippen LogP) is 2.71. The highest BCUT2D eigenvalue weighted by Crippen LogP contribution is 2.17. The maximum atomic E-state index is 14.1. The van der Waals surface area contributed by atoms with Crippen LogP contribution in [-0.4, -0.2) is 25.8 Å². The first-order chi connectivity index (χ1) is 15.5. The van der Waals surface area contributed by atoms with Gasteiger partial charge in [-0.1, -0.05) is 24.3 Å². The Labute approximate surface area is 177 Å². The number of carbonyl (C=O) groups excluding carboxylic acids is 1. The summed E-state index contributed by atoms with van der Waals surface area (Å²) in [7, 11) is 0. The minimum atomic E-state index is -0.830. The molecule has 1 N–H and O–H groups in total. The molecule has 10 heteroatoms. The zero-order valence-corrected chi connectivity index (χ0v) is 16.2. The van der Waals surface area contributed by atoms with Crippen LogP contribution >= 0.6 is 0 Å². The SMILES string of the molecule is O=C(OCc1cccc2nonc12)c1ccc2c(=O)n(-c3ccccc3F)c(=O)[nH]c2c1. The van der Waals surface area contributed by atoms with E-state index in [-0.39, 0.29) is 28.8 Å². The summed E-state index contributed by atoms with van der Waals surface area (Å²) in [6, 6.07) is 14.7. The predicted molar refractivity (Wildman–Crippen MR) is 111 cm³/mol. The molecule has 0 amide bonds. The lowest BCUT2D eigenvalue weighted by Gasteiger charge is -2.09. The molecule has 32 heavy (non-hydrogen) atoms. The van der Waals surface area contributed by atoms with Crippen LogP contribution in [0.3, 0.4) is 0 Å². The molecule has 0 saturated carbocycles. The van der Waals surface area contributed by atoms with E-state index < -0.39 is 23.0 Å². The number of benzene rings is 3. The van der Waals surface area contributed by atoms with Crippen molar-refractivity contribution >= 4 is 27.9 Å². The van der Waals surface area contributed by atoms with E-state index >= 15 is 0 Å². The third-order valence-corrected chi connectivity index (χ3v) is 4.96. The van der Waals surface area contributed by atoms with Gasteiger partial charge in [-0.3, -0.25) is 4.79 Å². The summed E-state index contributed by atoms with van der Waals surface area (Å²) in [5.41, 5.74) is 0.179. The van der Waals surface area contributed by atoms with Crippen LogP contribution in [-0.2, 0) is 11.3 Å². The zero-order chi connectivity index (χ0) is 22.2. The molecule has 5 rings (SSSR count). The fraction of sp³-hybridized carbons (Fsp3) is 0.0455. The van der Waals surface area contributed by atoms with Crippen molar-refractivity contribution in [1.29, 1.82) is 0 Å². The summed E-state index contributed by atoms with van der Waals surface area (Å²) < 4.78 is 24.9. The second-order valence-corrected chi connectivity index (χ2v) is 6.91. The maximum Gasteiger partial charge on any atom is 0.338 e. The van der Waals surface area contributed by atoms with Crippen molar-refractivity contribution in [2.24, 2.45) is 0 Å². The number of esters is 1. The standard InChI is InChI=1S/C22H13FN4O5/c23-15-5-1-2-7-18(15)27-20(28)14-9-8-12(10-17(14)24-22(27)30)21(29)31-11-13-4-3-6-16-19(13)26-32-25-16/h1-10H,11H2,(H,24,30). The van der Waals surface area contributed by atoms with Gasteiger partial charge < -0.3 is 9.72 Å². The minimum absolute atomic E-state index is 0.0756. The zero-order valence-electron chi connectivity index (χ0n) is 16.2. The summed E-state index contributed by atoms with van der Waals surface area (Å²) in [5.74, 6) is -1.38. The smallest absolute Gasteiger partial charge is 0.338 e. The Morgan fingerprint density at radius 3 is 2.75 bits per heavy atom. The van der Waals surface area contributed by atoms with Crippen molar-refractivity contribution in [2.45, 2.75) is 6.61 Å².